The van der Waals surface area contributed by atoms with Crippen LogP contribution in [0.2, 0.25) is 0 Å². The molecule has 1 heterocycles. The zero-order valence-electron chi connectivity index (χ0n) is 9.71. The maximum Gasteiger partial charge on any atom is 0.123 e. The van der Waals surface area contributed by atoms with E-state index in [2.05, 4.69) is 16.9 Å². The van der Waals surface area contributed by atoms with Crippen LogP contribution in [0.3, 0.4) is 0 Å². The minimum Gasteiger partial charge on any atom is -0.345 e. The Labute approximate surface area is 91.5 Å². The number of nitrogens with zero attached hydrogens (tertiary/aromatic N) is 1. The molecule has 3 N–H and O–H groups in total. The number of rotatable bonds is 2. The van der Waals surface area contributed by atoms with Crippen molar-refractivity contribution in [3.63, 3.8) is 0 Å². The maximum atomic E-state index is 5.83. The van der Waals surface area contributed by atoms with Gasteiger partial charge >= 0.3 is 0 Å². The van der Waals surface area contributed by atoms with E-state index >= 15 is 0 Å². The van der Waals surface area contributed by atoms with Crippen LogP contribution in [0.4, 0.5) is 0 Å². The number of hydrogen-bond acceptors (Lipinski definition) is 2. The zero-order valence-corrected chi connectivity index (χ0v) is 9.71. The molecular formula is C12H21N3. The average molecular weight is 207 g/mol. The fraction of sp³-hybridized carbons (Fsp3) is 0.750. The van der Waals surface area contributed by atoms with E-state index in [9.17, 15) is 0 Å². The van der Waals surface area contributed by atoms with Crippen molar-refractivity contribution in [1.82, 2.24) is 9.97 Å². The lowest BCUT2D eigenvalue weighted by Gasteiger charge is -2.20. The van der Waals surface area contributed by atoms with Gasteiger partial charge in [0.1, 0.15) is 5.82 Å². The van der Waals surface area contributed by atoms with Crippen LogP contribution >= 0.6 is 0 Å². The Hall–Kier alpha value is -0.830. The van der Waals surface area contributed by atoms with Gasteiger partial charge in [0.2, 0.25) is 0 Å². The molecule has 0 saturated heterocycles. The first-order valence-corrected chi connectivity index (χ1v) is 6.00. The van der Waals surface area contributed by atoms with Crippen LogP contribution in [-0.4, -0.2) is 9.97 Å². The average Bonchev–Trinajstić information content (AvgIpc) is 2.62. The van der Waals surface area contributed by atoms with Crippen molar-refractivity contribution in [2.45, 2.75) is 57.9 Å². The highest BCUT2D eigenvalue weighted by Gasteiger charge is 2.21. The van der Waals surface area contributed by atoms with Gasteiger partial charge in [-0.2, -0.15) is 0 Å². The fourth-order valence-electron chi connectivity index (χ4n) is 2.49. The molecule has 0 spiro atoms. The first-order chi connectivity index (χ1) is 7.18. The van der Waals surface area contributed by atoms with Gasteiger partial charge in [-0.1, -0.05) is 19.3 Å². The van der Waals surface area contributed by atoms with E-state index in [1.807, 2.05) is 6.92 Å². The van der Waals surface area contributed by atoms with Gasteiger partial charge in [-0.25, -0.2) is 4.98 Å². The number of nitrogens with one attached hydrogen (secondary N) is 1. The van der Waals surface area contributed by atoms with Crippen molar-refractivity contribution >= 4 is 0 Å². The summed E-state index contributed by atoms with van der Waals surface area (Å²) in [7, 11) is 0. The highest BCUT2D eigenvalue weighted by atomic mass is 15.0. The Morgan fingerprint density at radius 3 is 2.53 bits per heavy atom. The highest BCUT2D eigenvalue weighted by molar-refractivity contribution is 5.19. The van der Waals surface area contributed by atoms with E-state index < -0.39 is 0 Å². The molecule has 1 aromatic rings. The highest BCUT2D eigenvalue weighted by Crippen LogP contribution is 2.33. The van der Waals surface area contributed by atoms with Gasteiger partial charge < -0.3 is 10.7 Å². The van der Waals surface area contributed by atoms with Crippen LogP contribution < -0.4 is 5.73 Å². The van der Waals surface area contributed by atoms with Crippen molar-refractivity contribution < 1.29 is 0 Å². The van der Waals surface area contributed by atoms with Gasteiger partial charge in [0.05, 0.1) is 11.7 Å². The third-order valence-electron chi connectivity index (χ3n) is 3.36. The van der Waals surface area contributed by atoms with Crippen LogP contribution in [0.1, 0.15) is 68.2 Å². The lowest BCUT2D eigenvalue weighted by molar-refractivity contribution is 0.436. The minimum atomic E-state index is 0.0149. The van der Waals surface area contributed by atoms with E-state index in [1.165, 1.54) is 43.5 Å². The van der Waals surface area contributed by atoms with Crippen LogP contribution in [0.25, 0.3) is 0 Å². The maximum absolute atomic E-state index is 5.83. The number of hydrogen-bond donors (Lipinski definition) is 2. The Morgan fingerprint density at radius 1 is 1.33 bits per heavy atom. The van der Waals surface area contributed by atoms with E-state index in [0.717, 1.165) is 5.82 Å². The normalized spacial score (nSPS) is 20.5. The number of aromatic nitrogens is 2. The Kier molecular flexibility index (Phi) is 3.10. The monoisotopic (exact) mass is 207 g/mol. The summed E-state index contributed by atoms with van der Waals surface area (Å²) in [5.41, 5.74) is 8.31. The largest absolute Gasteiger partial charge is 0.345 e. The number of aromatic amines is 1. The molecule has 15 heavy (non-hydrogen) atoms. The van der Waals surface area contributed by atoms with E-state index in [0.29, 0.717) is 5.92 Å². The third kappa shape index (κ3) is 2.23. The van der Waals surface area contributed by atoms with Gasteiger partial charge in [-0.15, -0.1) is 0 Å². The standard InChI is InChI=1S/C12H21N3/c1-8(13)12-14-9(2)11(15-12)10-6-4-3-5-7-10/h8,10H,3-7,13H2,1-2H3,(H,14,15). The molecule has 1 unspecified atom stereocenters. The van der Waals surface area contributed by atoms with Gasteiger partial charge in [0.25, 0.3) is 0 Å². The Balaban J connectivity index is 2.19. The molecule has 0 amide bonds. The van der Waals surface area contributed by atoms with Gasteiger partial charge in [0, 0.05) is 11.6 Å². The summed E-state index contributed by atoms with van der Waals surface area (Å²) >= 11 is 0. The summed E-state index contributed by atoms with van der Waals surface area (Å²) in [5.74, 6) is 1.61. The van der Waals surface area contributed by atoms with Gasteiger partial charge in [-0.05, 0) is 26.7 Å². The summed E-state index contributed by atoms with van der Waals surface area (Å²) in [6.45, 7) is 4.09. The summed E-state index contributed by atoms with van der Waals surface area (Å²) < 4.78 is 0. The predicted molar refractivity (Wildman–Crippen MR) is 61.8 cm³/mol. The van der Waals surface area contributed by atoms with Crippen LogP contribution in [0.5, 0.6) is 0 Å². The van der Waals surface area contributed by atoms with Crippen LogP contribution in [0, 0.1) is 6.92 Å². The number of aryl methyl sites for hydroxylation is 1. The summed E-state index contributed by atoms with van der Waals surface area (Å²) in [6.07, 6.45) is 6.68. The molecule has 84 valence electrons. The van der Waals surface area contributed by atoms with Crippen molar-refractivity contribution in [2.24, 2.45) is 5.73 Å². The van der Waals surface area contributed by atoms with E-state index in [1.54, 1.807) is 0 Å². The first kappa shape index (κ1) is 10.7. The number of imidazole rings is 1. The topological polar surface area (TPSA) is 54.7 Å². The molecule has 0 aliphatic heterocycles. The molecule has 1 aliphatic carbocycles. The van der Waals surface area contributed by atoms with Crippen molar-refractivity contribution in [2.75, 3.05) is 0 Å². The molecule has 3 heteroatoms. The first-order valence-electron chi connectivity index (χ1n) is 6.00. The smallest absolute Gasteiger partial charge is 0.123 e. The lowest BCUT2D eigenvalue weighted by atomic mass is 9.86. The fourth-order valence-corrected chi connectivity index (χ4v) is 2.49. The van der Waals surface area contributed by atoms with Gasteiger partial charge in [-0.3, -0.25) is 0 Å². The molecule has 1 aliphatic rings. The van der Waals surface area contributed by atoms with E-state index in [4.69, 9.17) is 5.73 Å². The molecule has 0 radical (unpaired) electrons. The zero-order chi connectivity index (χ0) is 10.8. The van der Waals surface area contributed by atoms with Crippen molar-refractivity contribution in [3.05, 3.63) is 17.2 Å². The van der Waals surface area contributed by atoms with Crippen LogP contribution in [0.15, 0.2) is 0 Å². The molecule has 2 rings (SSSR count). The summed E-state index contributed by atoms with van der Waals surface area (Å²) in [6, 6.07) is 0.0149. The summed E-state index contributed by atoms with van der Waals surface area (Å²) in [5, 5.41) is 0. The minimum absolute atomic E-state index is 0.0149. The molecule has 1 saturated carbocycles. The molecular weight excluding hydrogens is 186 g/mol. The number of H-pyrrole nitrogens is 1. The molecule has 1 fully saturated rings. The molecule has 1 aromatic heterocycles. The second-order valence-electron chi connectivity index (χ2n) is 4.76. The van der Waals surface area contributed by atoms with Crippen molar-refractivity contribution in [1.29, 1.82) is 0 Å². The van der Waals surface area contributed by atoms with E-state index in [-0.39, 0.29) is 6.04 Å². The Morgan fingerprint density at radius 2 is 2.00 bits per heavy atom. The molecule has 0 bridgehead atoms. The number of nitrogens with two attached hydrogens (primary N) is 1. The van der Waals surface area contributed by atoms with Crippen molar-refractivity contribution in [3.8, 4) is 0 Å². The SMILES string of the molecule is Cc1[nH]c(C(C)N)nc1C1CCCCC1. The summed E-state index contributed by atoms with van der Waals surface area (Å²) in [4.78, 5) is 7.96. The Bertz CT molecular complexity index is 322. The predicted octanol–water partition coefficient (Wildman–Crippen LogP) is 2.79. The molecule has 0 aromatic carbocycles. The quantitative estimate of drug-likeness (QED) is 0.783. The molecule has 1 atom stereocenters. The lowest BCUT2D eigenvalue weighted by Crippen LogP contribution is -2.08. The van der Waals surface area contributed by atoms with Gasteiger partial charge in [0.15, 0.2) is 0 Å². The van der Waals surface area contributed by atoms with Crippen LogP contribution in [-0.2, 0) is 0 Å². The third-order valence-corrected chi connectivity index (χ3v) is 3.36. The second-order valence-corrected chi connectivity index (χ2v) is 4.76. The second kappa shape index (κ2) is 4.35. The molecule has 3 nitrogen and oxygen atoms in total.